The molecule has 0 aromatic heterocycles. The van der Waals surface area contributed by atoms with Gasteiger partial charge in [0.05, 0.1) is 0 Å². The monoisotopic (exact) mass is 201 g/mol. The molecule has 0 N–H and O–H groups in total. The Labute approximate surface area is 81.3 Å². The molecule has 1 amide bonds. The summed E-state index contributed by atoms with van der Waals surface area (Å²) in [7, 11) is 0. The van der Waals surface area contributed by atoms with Crippen LogP contribution in [0.15, 0.2) is 0 Å². The van der Waals surface area contributed by atoms with Crippen molar-refractivity contribution in [2.24, 2.45) is 17.3 Å². The van der Waals surface area contributed by atoms with E-state index < -0.39 is 17.8 Å². The van der Waals surface area contributed by atoms with Crippen LogP contribution in [0.1, 0.15) is 19.8 Å². The maximum atomic E-state index is 12.9. The van der Waals surface area contributed by atoms with E-state index in [0.29, 0.717) is 5.41 Å². The molecule has 2 saturated carbocycles. The first-order chi connectivity index (χ1) is 6.46. The fourth-order valence-electron chi connectivity index (χ4n) is 2.47. The first kappa shape index (κ1) is 8.62. The van der Waals surface area contributed by atoms with Crippen LogP contribution in [0.5, 0.6) is 0 Å². The Balaban J connectivity index is 1.62. The van der Waals surface area contributed by atoms with Crippen molar-refractivity contribution in [2.45, 2.75) is 25.7 Å². The Bertz CT molecular complexity index is 303. The number of halogens is 2. The minimum absolute atomic E-state index is 0.319. The maximum absolute atomic E-state index is 12.9. The molecular weight excluding hydrogens is 188 g/mol. The molecule has 3 aliphatic rings. The fourth-order valence-corrected chi connectivity index (χ4v) is 2.47. The summed E-state index contributed by atoms with van der Waals surface area (Å²) in [5.74, 6) is -4.81. The van der Waals surface area contributed by atoms with Gasteiger partial charge in [-0.25, -0.2) is 8.78 Å². The van der Waals surface area contributed by atoms with Crippen LogP contribution in [0.25, 0.3) is 0 Å². The van der Waals surface area contributed by atoms with E-state index in [-0.39, 0.29) is 5.91 Å². The molecule has 0 aromatic carbocycles. The maximum Gasteiger partial charge on any atom is 0.263 e. The standard InChI is InChI=1S/C10H13F2NO/c1-6-7(10(6,11)12)8(14)13-4-9(5-13)2-3-9/h6-7H,2-5H2,1H3/t6-,7-/m0/s1. The van der Waals surface area contributed by atoms with Crippen LogP contribution < -0.4 is 0 Å². The second-order valence-corrected chi connectivity index (χ2v) is 5.14. The smallest absolute Gasteiger partial charge is 0.263 e. The Morgan fingerprint density at radius 2 is 1.86 bits per heavy atom. The zero-order chi connectivity index (χ0) is 10.1. The molecule has 0 bridgehead atoms. The molecule has 4 heteroatoms. The summed E-state index contributed by atoms with van der Waals surface area (Å²) in [5.41, 5.74) is 0.364. The fraction of sp³-hybridized carbons (Fsp3) is 0.900. The van der Waals surface area contributed by atoms with Crippen LogP contribution in [0.3, 0.4) is 0 Å². The molecule has 2 nitrogen and oxygen atoms in total. The summed E-state index contributed by atoms with van der Waals surface area (Å²) < 4.78 is 25.8. The van der Waals surface area contributed by atoms with Crippen molar-refractivity contribution in [3.05, 3.63) is 0 Å². The number of likely N-dealkylation sites (tertiary alicyclic amines) is 1. The normalized spacial score (nSPS) is 40.6. The molecule has 1 aliphatic heterocycles. The lowest BCUT2D eigenvalue weighted by molar-refractivity contribution is -0.142. The number of amides is 1. The number of alkyl halides is 2. The molecule has 2 atom stereocenters. The first-order valence-corrected chi connectivity index (χ1v) is 5.13. The summed E-state index contributed by atoms with van der Waals surface area (Å²) >= 11 is 0. The van der Waals surface area contributed by atoms with Crippen molar-refractivity contribution in [3.63, 3.8) is 0 Å². The molecule has 3 rings (SSSR count). The molecule has 2 aliphatic carbocycles. The zero-order valence-corrected chi connectivity index (χ0v) is 8.09. The van der Waals surface area contributed by atoms with Gasteiger partial charge in [-0.2, -0.15) is 0 Å². The van der Waals surface area contributed by atoms with Gasteiger partial charge in [0.2, 0.25) is 5.91 Å². The Hall–Kier alpha value is -0.670. The van der Waals surface area contributed by atoms with Crippen molar-refractivity contribution in [3.8, 4) is 0 Å². The first-order valence-electron chi connectivity index (χ1n) is 5.13. The van der Waals surface area contributed by atoms with Crippen LogP contribution in [0.4, 0.5) is 8.78 Å². The van der Waals surface area contributed by atoms with Gasteiger partial charge in [0, 0.05) is 24.4 Å². The molecule has 0 aromatic rings. The molecule has 0 unspecified atom stereocenters. The number of hydrogen-bond donors (Lipinski definition) is 0. The lowest BCUT2D eigenvalue weighted by atomic mass is 9.96. The van der Waals surface area contributed by atoms with E-state index >= 15 is 0 Å². The van der Waals surface area contributed by atoms with E-state index in [1.54, 1.807) is 4.90 Å². The van der Waals surface area contributed by atoms with Gasteiger partial charge >= 0.3 is 0 Å². The Kier molecular flexibility index (Phi) is 1.31. The molecule has 14 heavy (non-hydrogen) atoms. The second kappa shape index (κ2) is 2.12. The molecule has 1 saturated heterocycles. The van der Waals surface area contributed by atoms with E-state index in [1.807, 2.05) is 0 Å². The summed E-state index contributed by atoms with van der Waals surface area (Å²) in [6.07, 6.45) is 2.35. The van der Waals surface area contributed by atoms with E-state index in [4.69, 9.17) is 0 Å². The van der Waals surface area contributed by atoms with Crippen molar-refractivity contribution in [1.82, 2.24) is 4.90 Å². The van der Waals surface area contributed by atoms with Gasteiger partial charge in [-0.15, -0.1) is 0 Å². The Morgan fingerprint density at radius 1 is 1.36 bits per heavy atom. The summed E-state index contributed by atoms with van der Waals surface area (Å²) in [5, 5.41) is 0. The summed E-state index contributed by atoms with van der Waals surface area (Å²) in [6.45, 7) is 2.91. The SMILES string of the molecule is C[C@H]1[C@@H](C(=O)N2CC3(CC3)C2)C1(F)F. The van der Waals surface area contributed by atoms with Gasteiger partial charge in [-0.1, -0.05) is 6.92 Å². The highest BCUT2D eigenvalue weighted by molar-refractivity contribution is 5.84. The van der Waals surface area contributed by atoms with Crippen LogP contribution in [0, 0.1) is 17.3 Å². The molecule has 1 heterocycles. The molecule has 78 valence electrons. The van der Waals surface area contributed by atoms with E-state index in [9.17, 15) is 13.6 Å². The Morgan fingerprint density at radius 3 is 2.21 bits per heavy atom. The van der Waals surface area contributed by atoms with Crippen LogP contribution in [-0.2, 0) is 4.79 Å². The molecule has 0 radical (unpaired) electrons. The minimum atomic E-state index is -2.73. The predicted octanol–water partition coefficient (Wildman–Crippen LogP) is 1.51. The number of rotatable bonds is 1. The third-order valence-electron chi connectivity index (χ3n) is 4.00. The highest BCUT2D eigenvalue weighted by Gasteiger charge is 2.71. The van der Waals surface area contributed by atoms with Crippen molar-refractivity contribution in [1.29, 1.82) is 0 Å². The van der Waals surface area contributed by atoms with Crippen molar-refractivity contribution in [2.75, 3.05) is 13.1 Å². The number of carbonyl (C=O) groups excluding carboxylic acids is 1. The number of hydrogen-bond acceptors (Lipinski definition) is 1. The molecule has 1 spiro atoms. The quantitative estimate of drug-likeness (QED) is 0.629. The third kappa shape index (κ3) is 0.916. The highest BCUT2D eigenvalue weighted by Crippen LogP contribution is 2.59. The number of carbonyl (C=O) groups is 1. The average molecular weight is 201 g/mol. The van der Waals surface area contributed by atoms with E-state index in [0.717, 1.165) is 13.1 Å². The van der Waals surface area contributed by atoms with E-state index in [1.165, 1.54) is 19.8 Å². The topological polar surface area (TPSA) is 20.3 Å². The van der Waals surface area contributed by atoms with Gasteiger partial charge in [-0.3, -0.25) is 4.79 Å². The molecule has 3 fully saturated rings. The van der Waals surface area contributed by atoms with Crippen LogP contribution >= 0.6 is 0 Å². The van der Waals surface area contributed by atoms with Crippen molar-refractivity contribution < 1.29 is 13.6 Å². The summed E-state index contributed by atoms with van der Waals surface area (Å²) in [6, 6.07) is 0. The largest absolute Gasteiger partial charge is 0.341 e. The van der Waals surface area contributed by atoms with Gasteiger partial charge in [0.25, 0.3) is 5.92 Å². The predicted molar refractivity (Wildman–Crippen MR) is 45.8 cm³/mol. The lowest BCUT2D eigenvalue weighted by Gasteiger charge is -2.40. The lowest BCUT2D eigenvalue weighted by Crippen LogP contribution is -2.52. The number of nitrogens with zero attached hydrogens (tertiary/aromatic N) is 1. The van der Waals surface area contributed by atoms with Gasteiger partial charge in [0.15, 0.2) is 0 Å². The van der Waals surface area contributed by atoms with Crippen LogP contribution in [0.2, 0.25) is 0 Å². The van der Waals surface area contributed by atoms with Crippen molar-refractivity contribution >= 4 is 5.91 Å². The second-order valence-electron chi connectivity index (χ2n) is 5.14. The molecular formula is C10H13F2NO. The van der Waals surface area contributed by atoms with Gasteiger partial charge in [-0.05, 0) is 12.8 Å². The van der Waals surface area contributed by atoms with E-state index in [2.05, 4.69) is 0 Å². The zero-order valence-electron chi connectivity index (χ0n) is 8.09. The summed E-state index contributed by atoms with van der Waals surface area (Å²) in [4.78, 5) is 13.2. The average Bonchev–Trinajstić information content (AvgIpc) is 2.87. The minimum Gasteiger partial charge on any atom is -0.341 e. The third-order valence-corrected chi connectivity index (χ3v) is 4.00. The highest BCUT2D eigenvalue weighted by atomic mass is 19.3. The van der Waals surface area contributed by atoms with Gasteiger partial charge in [0.1, 0.15) is 5.92 Å². The van der Waals surface area contributed by atoms with Crippen LogP contribution in [-0.4, -0.2) is 29.8 Å². The van der Waals surface area contributed by atoms with Gasteiger partial charge < -0.3 is 4.90 Å².